The molecule has 1 atom stereocenters. The molecule has 0 bridgehead atoms. The van der Waals surface area contributed by atoms with E-state index in [4.69, 9.17) is 16.7 Å². The van der Waals surface area contributed by atoms with Crippen molar-refractivity contribution in [2.24, 2.45) is 0 Å². The molecule has 0 fully saturated rings. The summed E-state index contributed by atoms with van der Waals surface area (Å²) >= 11 is 5.98. The lowest BCUT2D eigenvalue weighted by molar-refractivity contribution is 0.0925. The Morgan fingerprint density at radius 3 is 2.78 bits per heavy atom. The van der Waals surface area contributed by atoms with E-state index in [1.807, 2.05) is 24.3 Å². The van der Waals surface area contributed by atoms with Crippen molar-refractivity contribution in [1.29, 1.82) is 0 Å². The fraction of sp³-hybridized carbons (Fsp3) is 0.231. The van der Waals surface area contributed by atoms with Gasteiger partial charge in [0, 0.05) is 18.1 Å². The minimum Gasteiger partial charge on any atom is -0.392 e. The van der Waals surface area contributed by atoms with E-state index in [0.717, 1.165) is 10.8 Å². The van der Waals surface area contributed by atoms with Crippen LogP contribution >= 0.6 is 11.6 Å². The first-order valence-electron chi connectivity index (χ1n) is 5.59. The van der Waals surface area contributed by atoms with Crippen molar-refractivity contribution in [3.05, 3.63) is 41.2 Å². The summed E-state index contributed by atoms with van der Waals surface area (Å²) in [4.78, 5) is 16.0. The number of aliphatic hydroxyl groups is 1. The lowest BCUT2D eigenvalue weighted by Gasteiger charge is -2.09. The summed E-state index contributed by atoms with van der Waals surface area (Å²) < 4.78 is 0. The van der Waals surface area contributed by atoms with Crippen LogP contribution in [0.1, 0.15) is 17.3 Å². The molecule has 0 spiro atoms. The molecule has 0 aliphatic rings. The number of aromatic nitrogens is 1. The Morgan fingerprint density at radius 2 is 2.11 bits per heavy atom. The highest BCUT2D eigenvalue weighted by molar-refractivity contribution is 6.34. The number of aliphatic hydroxyl groups excluding tert-OH is 1. The Balaban J connectivity index is 2.39. The Morgan fingerprint density at radius 1 is 1.44 bits per heavy atom. The van der Waals surface area contributed by atoms with Crippen molar-refractivity contribution in [3.8, 4) is 0 Å². The molecule has 0 saturated carbocycles. The highest BCUT2D eigenvalue weighted by Gasteiger charge is 2.12. The Labute approximate surface area is 110 Å². The topological polar surface area (TPSA) is 62.2 Å². The molecular weight excluding hydrogens is 252 g/mol. The molecule has 0 unspecified atom stereocenters. The third-order valence-corrected chi connectivity index (χ3v) is 2.85. The van der Waals surface area contributed by atoms with E-state index in [2.05, 4.69) is 10.3 Å². The summed E-state index contributed by atoms with van der Waals surface area (Å²) in [5, 5.41) is 13.7. The van der Waals surface area contributed by atoms with Crippen LogP contribution in [-0.2, 0) is 0 Å². The zero-order valence-corrected chi connectivity index (χ0v) is 10.6. The maximum atomic E-state index is 12.0. The maximum absolute atomic E-state index is 12.0. The quantitative estimate of drug-likeness (QED) is 0.834. The Hall–Kier alpha value is -1.65. The second kappa shape index (κ2) is 5.33. The molecule has 1 aromatic heterocycles. The molecule has 2 N–H and O–H groups in total. The molecule has 1 aromatic carbocycles. The smallest absolute Gasteiger partial charge is 0.253 e. The molecule has 0 radical (unpaired) electrons. The van der Waals surface area contributed by atoms with Crippen molar-refractivity contribution in [1.82, 2.24) is 10.3 Å². The van der Waals surface area contributed by atoms with Crippen LogP contribution < -0.4 is 5.32 Å². The normalized spacial score (nSPS) is 12.4. The van der Waals surface area contributed by atoms with Crippen molar-refractivity contribution in [3.63, 3.8) is 0 Å². The van der Waals surface area contributed by atoms with E-state index in [-0.39, 0.29) is 12.5 Å². The summed E-state index contributed by atoms with van der Waals surface area (Å²) in [6.45, 7) is 1.81. The number of hydrogen-bond acceptors (Lipinski definition) is 3. The summed E-state index contributed by atoms with van der Waals surface area (Å²) in [7, 11) is 0. The summed E-state index contributed by atoms with van der Waals surface area (Å²) in [5.74, 6) is -0.267. The van der Waals surface area contributed by atoms with Gasteiger partial charge in [-0.3, -0.25) is 4.79 Å². The molecule has 0 aliphatic carbocycles. The van der Waals surface area contributed by atoms with E-state index in [1.165, 1.54) is 6.20 Å². The van der Waals surface area contributed by atoms with E-state index >= 15 is 0 Å². The zero-order chi connectivity index (χ0) is 13.1. The zero-order valence-electron chi connectivity index (χ0n) is 9.85. The van der Waals surface area contributed by atoms with Crippen molar-refractivity contribution >= 4 is 28.3 Å². The molecule has 1 amide bonds. The number of carbonyl (C=O) groups excluding carboxylic acids is 1. The van der Waals surface area contributed by atoms with Crippen molar-refractivity contribution < 1.29 is 9.90 Å². The van der Waals surface area contributed by atoms with Crippen LogP contribution in [-0.4, -0.2) is 28.6 Å². The predicted molar refractivity (Wildman–Crippen MR) is 70.8 cm³/mol. The monoisotopic (exact) mass is 264 g/mol. The lowest BCUT2D eigenvalue weighted by Crippen LogP contribution is -2.30. The molecule has 5 heteroatoms. The van der Waals surface area contributed by atoms with E-state index in [9.17, 15) is 4.79 Å². The van der Waals surface area contributed by atoms with Gasteiger partial charge in [0.05, 0.1) is 11.7 Å². The second-order valence-corrected chi connectivity index (χ2v) is 4.43. The molecule has 2 rings (SSSR count). The van der Waals surface area contributed by atoms with Gasteiger partial charge in [-0.25, -0.2) is 4.98 Å². The first kappa shape index (κ1) is 12.8. The minimum absolute atomic E-state index is 0.204. The fourth-order valence-corrected chi connectivity index (χ4v) is 1.89. The van der Waals surface area contributed by atoms with Gasteiger partial charge in [0.25, 0.3) is 5.91 Å². The lowest BCUT2D eigenvalue weighted by atomic mass is 10.1. The molecule has 2 aromatic rings. The number of hydrogen-bond donors (Lipinski definition) is 2. The standard InChI is InChI=1S/C13H13ClN2O2/c1-8(17)6-16-13(18)11-7-15-12(14)10-5-3-2-4-9(10)11/h2-5,7-8,17H,6H2,1H3,(H,16,18)/t8-/m1/s1. The first-order valence-corrected chi connectivity index (χ1v) is 5.97. The molecule has 0 aliphatic heterocycles. The first-order chi connectivity index (χ1) is 8.59. The molecular formula is C13H13ClN2O2. The second-order valence-electron chi connectivity index (χ2n) is 4.07. The van der Waals surface area contributed by atoms with Gasteiger partial charge >= 0.3 is 0 Å². The summed E-state index contributed by atoms with van der Waals surface area (Å²) in [6, 6.07) is 7.31. The van der Waals surface area contributed by atoms with Crippen LogP contribution in [0, 0.1) is 0 Å². The number of carbonyl (C=O) groups is 1. The van der Waals surface area contributed by atoms with Crippen LogP contribution in [0.3, 0.4) is 0 Å². The Kier molecular flexibility index (Phi) is 3.79. The summed E-state index contributed by atoms with van der Waals surface area (Å²) in [5.41, 5.74) is 0.454. The highest BCUT2D eigenvalue weighted by Crippen LogP contribution is 2.23. The van der Waals surface area contributed by atoms with Crippen LogP contribution in [0.5, 0.6) is 0 Å². The van der Waals surface area contributed by atoms with Gasteiger partial charge < -0.3 is 10.4 Å². The van der Waals surface area contributed by atoms with Gasteiger partial charge in [-0.2, -0.15) is 0 Å². The third-order valence-electron chi connectivity index (χ3n) is 2.55. The maximum Gasteiger partial charge on any atom is 0.253 e. The van der Waals surface area contributed by atoms with Gasteiger partial charge in [-0.05, 0) is 12.3 Å². The van der Waals surface area contributed by atoms with Crippen LogP contribution in [0.15, 0.2) is 30.5 Å². The van der Waals surface area contributed by atoms with E-state index in [1.54, 1.807) is 6.92 Å². The summed E-state index contributed by atoms with van der Waals surface area (Å²) in [6.07, 6.45) is 0.864. The molecule has 18 heavy (non-hydrogen) atoms. The Bertz CT molecular complexity index is 584. The SMILES string of the molecule is C[C@@H](O)CNC(=O)c1cnc(Cl)c2ccccc12. The van der Waals surface area contributed by atoms with Gasteiger partial charge in [0.2, 0.25) is 0 Å². The number of halogens is 1. The fourth-order valence-electron chi connectivity index (χ4n) is 1.67. The van der Waals surface area contributed by atoms with E-state index in [0.29, 0.717) is 10.7 Å². The van der Waals surface area contributed by atoms with E-state index < -0.39 is 6.10 Å². The number of nitrogens with one attached hydrogen (secondary N) is 1. The van der Waals surface area contributed by atoms with Gasteiger partial charge in [0.1, 0.15) is 5.15 Å². The van der Waals surface area contributed by atoms with Crippen molar-refractivity contribution in [2.75, 3.05) is 6.54 Å². The van der Waals surface area contributed by atoms with Crippen LogP contribution in [0.25, 0.3) is 10.8 Å². The minimum atomic E-state index is -0.583. The molecule has 94 valence electrons. The average molecular weight is 265 g/mol. The number of benzene rings is 1. The van der Waals surface area contributed by atoms with Gasteiger partial charge in [-0.15, -0.1) is 0 Å². The predicted octanol–water partition coefficient (Wildman–Crippen LogP) is 2.00. The number of pyridine rings is 1. The number of rotatable bonds is 3. The molecule has 0 saturated heterocycles. The van der Waals surface area contributed by atoms with Gasteiger partial charge in [-0.1, -0.05) is 35.9 Å². The third kappa shape index (κ3) is 2.60. The number of fused-ring (bicyclic) bond motifs is 1. The van der Waals surface area contributed by atoms with Crippen molar-refractivity contribution in [2.45, 2.75) is 13.0 Å². The van der Waals surface area contributed by atoms with Crippen LogP contribution in [0.4, 0.5) is 0 Å². The highest BCUT2D eigenvalue weighted by atomic mass is 35.5. The molecule has 1 heterocycles. The molecule has 4 nitrogen and oxygen atoms in total. The van der Waals surface area contributed by atoms with Crippen LogP contribution in [0.2, 0.25) is 5.15 Å². The number of amides is 1. The average Bonchev–Trinajstić information content (AvgIpc) is 2.37. The van der Waals surface area contributed by atoms with Gasteiger partial charge in [0.15, 0.2) is 0 Å². The number of nitrogens with zero attached hydrogens (tertiary/aromatic N) is 1. The largest absolute Gasteiger partial charge is 0.392 e.